The molecular weight excluding hydrogens is 262 g/mol. The first-order valence-corrected chi connectivity index (χ1v) is 8.29. The van der Waals surface area contributed by atoms with Gasteiger partial charge >= 0.3 is 0 Å². The van der Waals surface area contributed by atoms with Crippen LogP contribution < -0.4 is 5.32 Å². The largest absolute Gasteiger partial charge is 0.310 e. The maximum Gasteiger partial charge on any atom is 0.141 e. The lowest BCUT2D eigenvalue weighted by Gasteiger charge is -2.34. The predicted molar refractivity (Wildman–Crippen MR) is 86.0 cm³/mol. The summed E-state index contributed by atoms with van der Waals surface area (Å²) in [6.07, 6.45) is 4.03. The van der Waals surface area contributed by atoms with Crippen LogP contribution in [0.3, 0.4) is 0 Å². The number of aromatic nitrogens is 3. The molecule has 2 atom stereocenters. The molecular formula is C16H31N5. The molecule has 0 spiro atoms. The minimum atomic E-state index is 0.202. The summed E-state index contributed by atoms with van der Waals surface area (Å²) in [4.78, 5) is 7.05. The Labute approximate surface area is 129 Å². The Kier molecular flexibility index (Phi) is 5.38. The Balaban J connectivity index is 2.10. The van der Waals surface area contributed by atoms with Crippen molar-refractivity contribution in [3.05, 3.63) is 12.2 Å². The normalized spacial score (nSPS) is 28.0. The molecule has 5 heteroatoms. The molecule has 0 bridgehead atoms. The first-order chi connectivity index (χ1) is 9.93. The highest BCUT2D eigenvalue weighted by atomic mass is 15.4. The van der Waals surface area contributed by atoms with Gasteiger partial charge in [0.15, 0.2) is 0 Å². The zero-order chi connectivity index (χ0) is 15.5. The van der Waals surface area contributed by atoms with Gasteiger partial charge < -0.3 is 5.32 Å². The summed E-state index contributed by atoms with van der Waals surface area (Å²) in [6, 6.07) is 0.579. The second-order valence-electron chi connectivity index (χ2n) is 7.14. The molecule has 2 unspecified atom stereocenters. The fraction of sp³-hybridized carbons (Fsp3) is 0.875. The lowest BCUT2D eigenvalue weighted by Crippen LogP contribution is -2.49. The van der Waals surface area contributed by atoms with Crippen molar-refractivity contribution in [2.24, 2.45) is 5.92 Å². The minimum Gasteiger partial charge on any atom is -0.310 e. The van der Waals surface area contributed by atoms with Gasteiger partial charge in [0.25, 0.3) is 0 Å². The topological polar surface area (TPSA) is 46.0 Å². The summed E-state index contributed by atoms with van der Waals surface area (Å²) >= 11 is 0. The van der Waals surface area contributed by atoms with Crippen molar-refractivity contribution in [3.63, 3.8) is 0 Å². The summed E-state index contributed by atoms with van der Waals surface area (Å²) in [7, 11) is 0. The second-order valence-corrected chi connectivity index (χ2v) is 7.14. The van der Waals surface area contributed by atoms with Crippen LogP contribution >= 0.6 is 0 Å². The van der Waals surface area contributed by atoms with E-state index in [-0.39, 0.29) is 5.54 Å². The Hall–Kier alpha value is -0.940. The van der Waals surface area contributed by atoms with Crippen molar-refractivity contribution in [2.45, 2.75) is 72.1 Å². The lowest BCUT2D eigenvalue weighted by atomic mass is 9.98. The van der Waals surface area contributed by atoms with Gasteiger partial charge in [-0.25, -0.2) is 9.67 Å². The molecule has 0 radical (unpaired) electrons. The zero-order valence-corrected chi connectivity index (χ0v) is 14.3. The third-order valence-corrected chi connectivity index (χ3v) is 4.65. The fourth-order valence-electron chi connectivity index (χ4n) is 2.96. The third-order valence-electron chi connectivity index (χ3n) is 4.65. The van der Waals surface area contributed by atoms with Crippen LogP contribution in [-0.2, 0) is 13.1 Å². The van der Waals surface area contributed by atoms with Gasteiger partial charge in [0.1, 0.15) is 12.2 Å². The van der Waals surface area contributed by atoms with Crippen molar-refractivity contribution in [2.75, 3.05) is 13.1 Å². The summed E-state index contributed by atoms with van der Waals surface area (Å²) in [5, 5.41) is 8.10. The van der Waals surface area contributed by atoms with Crippen LogP contribution in [-0.4, -0.2) is 44.3 Å². The maximum absolute atomic E-state index is 4.49. The SMILES string of the molecule is CCC1(C)CN(Cc2ncnn2CC(C)C)C(C)CCN1. The third kappa shape index (κ3) is 4.27. The Morgan fingerprint density at radius 1 is 1.48 bits per heavy atom. The molecule has 1 aromatic rings. The minimum absolute atomic E-state index is 0.202. The summed E-state index contributed by atoms with van der Waals surface area (Å²) < 4.78 is 2.07. The number of nitrogens with one attached hydrogen (secondary N) is 1. The van der Waals surface area contributed by atoms with Gasteiger partial charge in [-0.2, -0.15) is 5.10 Å². The molecule has 120 valence electrons. The van der Waals surface area contributed by atoms with Crippen LogP contribution in [0.25, 0.3) is 0 Å². The van der Waals surface area contributed by atoms with Crippen molar-refractivity contribution in [1.29, 1.82) is 0 Å². The van der Waals surface area contributed by atoms with Gasteiger partial charge in [-0.1, -0.05) is 20.8 Å². The average molecular weight is 293 g/mol. The van der Waals surface area contributed by atoms with Crippen molar-refractivity contribution in [3.8, 4) is 0 Å². The van der Waals surface area contributed by atoms with E-state index in [0.717, 1.165) is 38.4 Å². The molecule has 0 saturated carbocycles. The van der Waals surface area contributed by atoms with Gasteiger partial charge in [-0.05, 0) is 39.2 Å². The van der Waals surface area contributed by atoms with E-state index in [1.165, 1.54) is 6.42 Å². The molecule has 1 aliphatic rings. The van der Waals surface area contributed by atoms with Crippen molar-refractivity contribution in [1.82, 2.24) is 25.0 Å². The van der Waals surface area contributed by atoms with Crippen molar-refractivity contribution < 1.29 is 0 Å². The van der Waals surface area contributed by atoms with E-state index < -0.39 is 0 Å². The summed E-state index contributed by atoms with van der Waals surface area (Å²) in [5.41, 5.74) is 0.202. The second kappa shape index (κ2) is 6.88. The Morgan fingerprint density at radius 3 is 2.90 bits per heavy atom. The smallest absolute Gasteiger partial charge is 0.141 e. The molecule has 2 heterocycles. The number of nitrogens with zero attached hydrogens (tertiary/aromatic N) is 4. The molecule has 1 saturated heterocycles. The fourth-order valence-corrected chi connectivity index (χ4v) is 2.96. The van der Waals surface area contributed by atoms with E-state index in [9.17, 15) is 0 Å². The summed E-state index contributed by atoms with van der Waals surface area (Å²) in [5.74, 6) is 1.69. The molecule has 1 N–H and O–H groups in total. The highest BCUT2D eigenvalue weighted by Crippen LogP contribution is 2.20. The van der Waals surface area contributed by atoms with E-state index in [1.54, 1.807) is 6.33 Å². The highest BCUT2D eigenvalue weighted by molar-refractivity contribution is 4.94. The molecule has 1 aromatic heterocycles. The van der Waals surface area contributed by atoms with E-state index in [4.69, 9.17) is 0 Å². The molecule has 0 aliphatic carbocycles. The van der Waals surface area contributed by atoms with E-state index in [2.05, 4.69) is 59.6 Å². The molecule has 21 heavy (non-hydrogen) atoms. The standard InChI is InChI=1S/C16H31N5/c1-6-16(5)11-20(14(4)7-8-18-16)10-15-17-12-19-21(15)9-13(2)3/h12-14,18H,6-11H2,1-5H3. The Morgan fingerprint density at radius 2 is 2.24 bits per heavy atom. The molecule has 2 rings (SSSR count). The summed E-state index contributed by atoms with van der Waals surface area (Å²) in [6.45, 7) is 15.4. The highest BCUT2D eigenvalue weighted by Gasteiger charge is 2.31. The van der Waals surface area contributed by atoms with Gasteiger partial charge in [0.05, 0.1) is 6.54 Å². The Bertz CT molecular complexity index is 442. The van der Waals surface area contributed by atoms with E-state index in [1.807, 2.05) is 0 Å². The molecule has 0 amide bonds. The van der Waals surface area contributed by atoms with Crippen LogP contribution in [0, 0.1) is 5.92 Å². The number of hydrogen-bond donors (Lipinski definition) is 1. The molecule has 1 fully saturated rings. The predicted octanol–water partition coefficient (Wildman–Crippen LogP) is 2.29. The van der Waals surface area contributed by atoms with Crippen LogP contribution in [0.1, 0.15) is 53.3 Å². The van der Waals surface area contributed by atoms with Gasteiger partial charge in [-0.15, -0.1) is 0 Å². The van der Waals surface area contributed by atoms with E-state index >= 15 is 0 Å². The van der Waals surface area contributed by atoms with Crippen LogP contribution in [0.15, 0.2) is 6.33 Å². The molecule has 1 aliphatic heterocycles. The average Bonchev–Trinajstić information content (AvgIpc) is 2.78. The van der Waals surface area contributed by atoms with Gasteiger partial charge in [0.2, 0.25) is 0 Å². The lowest BCUT2D eigenvalue weighted by molar-refractivity contribution is 0.156. The molecule has 0 aromatic carbocycles. The van der Waals surface area contributed by atoms with Crippen LogP contribution in [0.2, 0.25) is 0 Å². The quantitative estimate of drug-likeness (QED) is 0.905. The first-order valence-electron chi connectivity index (χ1n) is 8.29. The maximum atomic E-state index is 4.49. The van der Waals surface area contributed by atoms with Crippen LogP contribution in [0.4, 0.5) is 0 Å². The zero-order valence-electron chi connectivity index (χ0n) is 14.3. The molecule has 5 nitrogen and oxygen atoms in total. The van der Waals surface area contributed by atoms with Gasteiger partial charge in [0, 0.05) is 24.7 Å². The first kappa shape index (κ1) is 16.4. The van der Waals surface area contributed by atoms with Crippen LogP contribution in [0.5, 0.6) is 0 Å². The van der Waals surface area contributed by atoms with E-state index in [0.29, 0.717) is 12.0 Å². The number of hydrogen-bond acceptors (Lipinski definition) is 4. The number of rotatable bonds is 5. The monoisotopic (exact) mass is 293 g/mol. The van der Waals surface area contributed by atoms with Crippen molar-refractivity contribution >= 4 is 0 Å². The van der Waals surface area contributed by atoms with Gasteiger partial charge in [-0.3, -0.25) is 4.90 Å².